The summed E-state index contributed by atoms with van der Waals surface area (Å²) < 4.78 is 5.14. The van der Waals surface area contributed by atoms with Crippen LogP contribution in [-0.4, -0.2) is 18.5 Å². The molecule has 0 atom stereocenters. The highest BCUT2D eigenvalue weighted by molar-refractivity contribution is 5.96. The van der Waals surface area contributed by atoms with Crippen molar-refractivity contribution in [1.82, 2.24) is 0 Å². The van der Waals surface area contributed by atoms with E-state index in [-0.39, 0.29) is 11.9 Å². The zero-order valence-corrected chi connectivity index (χ0v) is 12.7. The minimum Gasteiger partial charge on any atom is -0.462 e. The van der Waals surface area contributed by atoms with Crippen molar-refractivity contribution in [3.05, 3.63) is 29.8 Å². The number of unbranched alkanes of at least 4 members (excludes halogenated alkanes) is 1. The third kappa shape index (κ3) is 5.03. The van der Waals surface area contributed by atoms with Crippen molar-refractivity contribution in [3.8, 4) is 0 Å². The summed E-state index contributed by atoms with van der Waals surface area (Å²) in [6.45, 7) is 7.98. The van der Waals surface area contributed by atoms with Crippen LogP contribution in [0.25, 0.3) is 0 Å². The fraction of sp³-hybridized carbons (Fsp3) is 0.500. The van der Waals surface area contributed by atoms with Crippen molar-refractivity contribution in [2.45, 2.75) is 40.5 Å². The molecule has 1 rings (SSSR count). The zero-order valence-electron chi connectivity index (χ0n) is 12.7. The number of nitrogens with one attached hydrogen (secondary N) is 1. The van der Waals surface area contributed by atoms with Gasteiger partial charge in [0, 0.05) is 11.1 Å². The third-order valence-corrected chi connectivity index (χ3v) is 2.77. The summed E-state index contributed by atoms with van der Waals surface area (Å²) in [5, 5.41) is 2.80. The first-order valence-electron chi connectivity index (χ1n) is 6.93. The van der Waals surface area contributed by atoms with E-state index >= 15 is 0 Å². The smallest absolute Gasteiger partial charge is 0.338 e. The molecule has 1 aromatic rings. The van der Waals surface area contributed by atoms with Crippen LogP contribution in [0.3, 0.4) is 0 Å². The van der Waals surface area contributed by atoms with Gasteiger partial charge in [-0.05, 0) is 24.6 Å². The van der Waals surface area contributed by atoms with Crippen LogP contribution < -0.4 is 5.32 Å². The van der Waals surface area contributed by atoms with Gasteiger partial charge in [0.2, 0.25) is 5.91 Å². The first-order valence-corrected chi connectivity index (χ1v) is 6.93. The predicted molar refractivity (Wildman–Crippen MR) is 79.7 cm³/mol. The van der Waals surface area contributed by atoms with Crippen LogP contribution in [0, 0.1) is 5.41 Å². The highest BCUT2D eigenvalue weighted by Crippen LogP contribution is 2.18. The molecule has 0 heterocycles. The highest BCUT2D eigenvalue weighted by atomic mass is 16.5. The molecule has 0 aliphatic carbocycles. The van der Waals surface area contributed by atoms with Gasteiger partial charge in [-0.3, -0.25) is 4.79 Å². The van der Waals surface area contributed by atoms with E-state index < -0.39 is 5.41 Å². The van der Waals surface area contributed by atoms with Crippen LogP contribution in [0.2, 0.25) is 0 Å². The van der Waals surface area contributed by atoms with E-state index in [0.717, 1.165) is 12.8 Å². The van der Waals surface area contributed by atoms with Gasteiger partial charge in [0.25, 0.3) is 0 Å². The van der Waals surface area contributed by atoms with E-state index in [1.807, 2.05) is 27.7 Å². The van der Waals surface area contributed by atoms with Crippen LogP contribution in [0.15, 0.2) is 24.3 Å². The second-order valence-electron chi connectivity index (χ2n) is 5.77. The molecule has 110 valence electrons. The topological polar surface area (TPSA) is 55.4 Å². The van der Waals surface area contributed by atoms with Crippen molar-refractivity contribution < 1.29 is 14.3 Å². The van der Waals surface area contributed by atoms with Crippen molar-refractivity contribution >= 4 is 17.6 Å². The molecule has 0 saturated carbocycles. The van der Waals surface area contributed by atoms with Gasteiger partial charge in [-0.1, -0.05) is 40.2 Å². The fourth-order valence-corrected chi connectivity index (χ4v) is 1.44. The Kier molecular flexibility index (Phi) is 5.74. The lowest BCUT2D eigenvalue weighted by atomic mass is 9.95. The van der Waals surface area contributed by atoms with Gasteiger partial charge in [-0.15, -0.1) is 0 Å². The Labute approximate surface area is 120 Å². The molecule has 0 unspecified atom stereocenters. The molecule has 0 bridgehead atoms. The average molecular weight is 277 g/mol. The van der Waals surface area contributed by atoms with E-state index in [0.29, 0.717) is 17.9 Å². The van der Waals surface area contributed by atoms with E-state index in [4.69, 9.17) is 4.74 Å². The second kappa shape index (κ2) is 7.08. The molecule has 0 radical (unpaired) electrons. The predicted octanol–water partition coefficient (Wildman–Crippen LogP) is 3.63. The summed E-state index contributed by atoms with van der Waals surface area (Å²) in [6.07, 6.45) is 1.83. The maximum absolute atomic E-state index is 11.9. The number of esters is 1. The quantitative estimate of drug-likeness (QED) is 0.660. The summed E-state index contributed by atoms with van der Waals surface area (Å²) in [4.78, 5) is 23.7. The number of ether oxygens (including phenoxy) is 1. The molecule has 0 aliphatic rings. The van der Waals surface area contributed by atoms with Gasteiger partial charge in [0.15, 0.2) is 0 Å². The molecular weight excluding hydrogens is 254 g/mol. The molecule has 1 aromatic carbocycles. The molecule has 0 aromatic heterocycles. The first kappa shape index (κ1) is 16.2. The van der Waals surface area contributed by atoms with Gasteiger partial charge in [0.05, 0.1) is 12.2 Å². The van der Waals surface area contributed by atoms with Gasteiger partial charge in [-0.25, -0.2) is 4.79 Å². The van der Waals surface area contributed by atoms with Crippen LogP contribution in [0.4, 0.5) is 5.69 Å². The summed E-state index contributed by atoms with van der Waals surface area (Å²) in [7, 11) is 0. The Morgan fingerprint density at radius 1 is 1.25 bits per heavy atom. The van der Waals surface area contributed by atoms with E-state index in [1.165, 1.54) is 0 Å². The van der Waals surface area contributed by atoms with Crippen LogP contribution in [0.5, 0.6) is 0 Å². The summed E-state index contributed by atoms with van der Waals surface area (Å²) in [5.74, 6) is -0.445. The van der Waals surface area contributed by atoms with Gasteiger partial charge < -0.3 is 10.1 Å². The Bertz CT molecular complexity index is 475. The van der Waals surface area contributed by atoms with Crippen molar-refractivity contribution in [2.75, 3.05) is 11.9 Å². The van der Waals surface area contributed by atoms with Crippen molar-refractivity contribution in [3.63, 3.8) is 0 Å². The normalized spacial score (nSPS) is 11.0. The minimum atomic E-state index is -0.475. The lowest BCUT2D eigenvalue weighted by Gasteiger charge is -2.17. The summed E-state index contributed by atoms with van der Waals surface area (Å²) >= 11 is 0. The van der Waals surface area contributed by atoms with E-state index in [2.05, 4.69) is 5.32 Å². The summed E-state index contributed by atoms with van der Waals surface area (Å²) in [6, 6.07) is 6.81. The maximum atomic E-state index is 11.9. The lowest BCUT2D eigenvalue weighted by molar-refractivity contribution is -0.123. The molecule has 20 heavy (non-hydrogen) atoms. The van der Waals surface area contributed by atoms with Crippen molar-refractivity contribution in [1.29, 1.82) is 0 Å². The number of anilines is 1. The number of carbonyl (C=O) groups excluding carboxylic acids is 2. The van der Waals surface area contributed by atoms with Gasteiger partial charge in [0.1, 0.15) is 0 Å². The van der Waals surface area contributed by atoms with E-state index in [9.17, 15) is 9.59 Å². The van der Waals surface area contributed by atoms with Gasteiger partial charge in [-0.2, -0.15) is 0 Å². The van der Waals surface area contributed by atoms with Crippen LogP contribution in [-0.2, 0) is 9.53 Å². The molecule has 0 spiro atoms. The van der Waals surface area contributed by atoms with Gasteiger partial charge >= 0.3 is 5.97 Å². The molecular formula is C16H23NO3. The molecule has 1 amide bonds. The van der Waals surface area contributed by atoms with Crippen LogP contribution >= 0.6 is 0 Å². The largest absolute Gasteiger partial charge is 0.462 e. The molecule has 0 aliphatic heterocycles. The Balaban J connectivity index is 2.71. The fourth-order valence-electron chi connectivity index (χ4n) is 1.44. The lowest BCUT2D eigenvalue weighted by Crippen LogP contribution is -2.27. The Morgan fingerprint density at radius 2 is 1.95 bits per heavy atom. The number of rotatable bonds is 5. The van der Waals surface area contributed by atoms with Crippen LogP contribution in [0.1, 0.15) is 50.9 Å². The first-order chi connectivity index (χ1) is 9.34. The van der Waals surface area contributed by atoms with Crippen molar-refractivity contribution in [2.24, 2.45) is 5.41 Å². The average Bonchev–Trinajstić information content (AvgIpc) is 2.38. The number of benzene rings is 1. The molecule has 4 heteroatoms. The minimum absolute atomic E-state index is 0.0889. The SMILES string of the molecule is CCCCOC(=O)c1cccc(NC(=O)C(C)(C)C)c1. The number of hydrogen-bond acceptors (Lipinski definition) is 3. The van der Waals surface area contributed by atoms with E-state index in [1.54, 1.807) is 24.3 Å². The molecule has 0 saturated heterocycles. The molecule has 0 fully saturated rings. The molecule has 4 nitrogen and oxygen atoms in total. The zero-order chi connectivity index (χ0) is 15.2. The second-order valence-corrected chi connectivity index (χ2v) is 5.77. The summed E-state index contributed by atoms with van der Waals surface area (Å²) in [5.41, 5.74) is 0.583. The standard InChI is InChI=1S/C16H23NO3/c1-5-6-10-20-14(18)12-8-7-9-13(11-12)17-15(19)16(2,3)4/h7-9,11H,5-6,10H2,1-4H3,(H,17,19). The third-order valence-electron chi connectivity index (χ3n) is 2.77. The number of amides is 1. The number of hydrogen-bond donors (Lipinski definition) is 1. The Morgan fingerprint density at radius 3 is 2.55 bits per heavy atom. The molecule has 1 N–H and O–H groups in total. The maximum Gasteiger partial charge on any atom is 0.338 e. The highest BCUT2D eigenvalue weighted by Gasteiger charge is 2.21. The number of carbonyl (C=O) groups is 2. The monoisotopic (exact) mass is 277 g/mol. The Hall–Kier alpha value is -1.84.